The van der Waals surface area contributed by atoms with E-state index in [0.29, 0.717) is 6.61 Å². The van der Waals surface area contributed by atoms with Gasteiger partial charge in [0.25, 0.3) is 0 Å². The number of benzene rings is 1. The molecule has 9 heteroatoms. The molecule has 1 saturated heterocycles. The minimum atomic E-state index is -0.00362. The Morgan fingerprint density at radius 2 is 2.16 bits per heavy atom. The lowest BCUT2D eigenvalue weighted by atomic mass is 10.2. The van der Waals surface area contributed by atoms with Crippen LogP contribution in [0.25, 0.3) is 5.69 Å². The Balaban J connectivity index is 1.74. The lowest BCUT2D eigenvalue weighted by molar-refractivity contribution is 0.258. The fourth-order valence-corrected chi connectivity index (χ4v) is 1.71. The zero-order valence-corrected chi connectivity index (χ0v) is 10.3. The molecule has 0 bridgehead atoms. The second kappa shape index (κ2) is 5.28. The van der Waals surface area contributed by atoms with Gasteiger partial charge in [-0.25, -0.2) is 15.5 Å². The summed E-state index contributed by atoms with van der Waals surface area (Å²) >= 11 is 0. The molecule has 0 atom stereocenters. The lowest BCUT2D eigenvalue weighted by Crippen LogP contribution is -2.39. The number of hydrogen-bond donors (Lipinski definition) is 4. The largest absolute Gasteiger partial charge is 0.490 e. The number of aryl methyl sites for hydroxylation is 1. The van der Waals surface area contributed by atoms with Gasteiger partial charge in [-0.2, -0.15) is 11.1 Å². The van der Waals surface area contributed by atoms with E-state index in [1.54, 1.807) is 11.0 Å². The van der Waals surface area contributed by atoms with E-state index in [-0.39, 0.29) is 6.17 Å². The molecule has 0 saturated carbocycles. The molecule has 3 rings (SSSR count). The molecule has 0 amide bonds. The van der Waals surface area contributed by atoms with E-state index in [4.69, 9.17) is 4.74 Å². The highest BCUT2D eigenvalue weighted by Crippen LogP contribution is 2.21. The van der Waals surface area contributed by atoms with Crippen LogP contribution in [0, 0.1) is 6.92 Å². The van der Waals surface area contributed by atoms with Crippen LogP contribution in [-0.2, 0) is 0 Å². The normalized spacial score (nSPS) is 15.8. The number of nitrogens with one attached hydrogen (secondary N) is 4. The maximum Gasteiger partial charge on any atom is 0.143 e. The van der Waals surface area contributed by atoms with Gasteiger partial charge >= 0.3 is 0 Å². The van der Waals surface area contributed by atoms with E-state index in [9.17, 15) is 0 Å². The first kappa shape index (κ1) is 12.0. The van der Waals surface area contributed by atoms with E-state index in [2.05, 4.69) is 37.4 Å². The van der Waals surface area contributed by atoms with E-state index in [1.165, 1.54) is 0 Å². The Labute approximate surface area is 109 Å². The minimum Gasteiger partial charge on any atom is -0.490 e. The summed E-state index contributed by atoms with van der Waals surface area (Å²) in [5.74, 6) is 0.795. The Hall–Kier alpha value is -2.07. The maximum absolute atomic E-state index is 5.77. The lowest BCUT2D eigenvalue weighted by Gasteiger charge is -2.13. The molecule has 4 N–H and O–H groups in total. The molecule has 1 aliphatic heterocycles. The molecule has 1 aromatic heterocycles. The van der Waals surface area contributed by atoms with Crippen molar-refractivity contribution in [3.63, 3.8) is 0 Å². The van der Waals surface area contributed by atoms with Crippen LogP contribution >= 0.6 is 0 Å². The van der Waals surface area contributed by atoms with Gasteiger partial charge in [-0.15, -0.1) is 5.10 Å². The van der Waals surface area contributed by atoms with Crippen LogP contribution in [0.2, 0.25) is 0 Å². The topological polar surface area (TPSA) is 101 Å². The zero-order valence-electron chi connectivity index (χ0n) is 10.3. The third-order valence-corrected chi connectivity index (χ3v) is 2.75. The molecule has 0 spiro atoms. The fraction of sp³-hybridized carbons (Fsp3) is 0.300. The highest BCUT2D eigenvalue weighted by Gasteiger charge is 2.13. The van der Waals surface area contributed by atoms with Crippen molar-refractivity contribution in [3.05, 3.63) is 30.1 Å². The van der Waals surface area contributed by atoms with Gasteiger partial charge in [0, 0.05) is 6.07 Å². The number of hydrazine groups is 3. The Morgan fingerprint density at radius 3 is 2.89 bits per heavy atom. The number of nitrogens with zero attached hydrogens (tertiary/aromatic N) is 4. The monoisotopic (exact) mass is 262 g/mol. The van der Waals surface area contributed by atoms with Gasteiger partial charge in [0.1, 0.15) is 24.8 Å². The molecule has 100 valence electrons. The number of ether oxygens (including phenoxy) is 1. The molecule has 1 fully saturated rings. The Kier molecular flexibility index (Phi) is 3.33. The van der Waals surface area contributed by atoms with Crippen molar-refractivity contribution in [2.45, 2.75) is 13.1 Å². The van der Waals surface area contributed by atoms with Crippen molar-refractivity contribution in [2.24, 2.45) is 0 Å². The first-order valence-corrected chi connectivity index (χ1v) is 5.81. The van der Waals surface area contributed by atoms with Gasteiger partial charge < -0.3 is 4.74 Å². The first-order valence-electron chi connectivity index (χ1n) is 5.81. The van der Waals surface area contributed by atoms with Gasteiger partial charge in [-0.3, -0.25) is 0 Å². The van der Waals surface area contributed by atoms with Gasteiger partial charge in [0.2, 0.25) is 0 Å². The molecule has 1 aromatic carbocycles. The fourth-order valence-electron chi connectivity index (χ4n) is 1.71. The Morgan fingerprint density at radius 1 is 1.32 bits per heavy atom. The summed E-state index contributed by atoms with van der Waals surface area (Å²) in [6.45, 7) is 2.46. The smallest absolute Gasteiger partial charge is 0.143 e. The SMILES string of the molecule is Cc1ccc(-n2cnnn2)cc1OCC1NNNN1. The molecule has 0 radical (unpaired) electrons. The van der Waals surface area contributed by atoms with Crippen LogP contribution in [0.4, 0.5) is 0 Å². The van der Waals surface area contributed by atoms with Crippen LogP contribution in [-0.4, -0.2) is 33.0 Å². The summed E-state index contributed by atoms with van der Waals surface area (Å²) in [6.07, 6.45) is 1.54. The third kappa shape index (κ3) is 2.69. The van der Waals surface area contributed by atoms with Crippen molar-refractivity contribution < 1.29 is 4.74 Å². The van der Waals surface area contributed by atoms with E-state index in [0.717, 1.165) is 17.0 Å². The summed E-state index contributed by atoms with van der Waals surface area (Å²) < 4.78 is 7.36. The molecule has 19 heavy (non-hydrogen) atoms. The van der Waals surface area contributed by atoms with Crippen LogP contribution in [0.3, 0.4) is 0 Å². The van der Waals surface area contributed by atoms with Crippen molar-refractivity contribution in [2.75, 3.05) is 6.61 Å². The van der Waals surface area contributed by atoms with E-state index >= 15 is 0 Å². The van der Waals surface area contributed by atoms with Crippen molar-refractivity contribution in [3.8, 4) is 11.4 Å². The highest BCUT2D eigenvalue weighted by atomic mass is 16.5. The Bertz CT molecular complexity index is 536. The van der Waals surface area contributed by atoms with Gasteiger partial charge in [-0.05, 0) is 29.0 Å². The van der Waals surface area contributed by atoms with Crippen LogP contribution in [0.15, 0.2) is 24.5 Å². The average Bonchev–Trinajstić information content (AvgIpc) is 3.11. The molecule has 0 unspecified atom stereocenters. The second-order valence-corrected chi connectivity index (χ2v) is 4.11. The molecule has 9 nitrogen and oxygen atoms in total. The number of tetrazole rings is 1. The van der Waals surface area contributed by atoms with Crippen molar-refractivity contribution in [1.82, 2.24) is 42.1 Å². The summed E-state index contributed by atoms with van der Waals surface area (Å²) in [5.41, 5.74) is 13.3. The van der Waals surface area contributed by atoms with E-state index in [1.807, 2.05) is 25.1 Å². The maximum atomic E-state index is 5.77. The molecular formula is C10H14N8O. The number of aromatic nitrogens is 4. The predicted octanol–water partition coefficient (Wildman–Crippen LogP) is -1.21. The summed E-state index contributed by atoms with van der Waals surface area (Å²) in [5, 5.41) is 11.1. The zero-order chi connectivity index (χ0) is 13.1. The average molecular weight is 262 g/mol. The van der Waals surface area contributed by atoms with Gasteiger partial charge in [0.05, 0.1) is 5.69 Å². The minimum absolute atomic E-state index is 0.00362. The summed E-state index contributed by atoms with van der Waals surface area (Å²) in [7, 11) is 0. The standard InChI is InChI=1S/C10H14N8O/c1-7-2-3-8(18-6-11-14-17-18)4-9(7)19-5-10-12-15-16-13-10/h2-4,6,10,12-13,15-16H,5H2,1H3. The van der Waals surface area contributed by atoms with Gasteiger partial charge in [-0.1, -0.05) is 6.07 Å². The molecule has 2 aromatic rings. The summed E-state index contributed by atoms with van der Waals surface area (Å²) in [6, 6.07) is 5.81. The van der Waals surface area contributed by atoms with E-state index < -0.39 is 0 Å². The third-order valence-electron chi connectivity index (χ3n) is 2.75. The van der Waals surface area contributed by atoms with Crippen LogP contribution in [0.5, 0.6) is 5.75 Å². The van der Waals surface area contributed by atoms with Crippen LogP contribution < -0.4 is 26.7 Å². The van der Waals surface area contributed by atoms with Crippen LogP contribution in [0.1, 0.15) is 5.56 Å². The predicted molar refractivity (Wildman–Crippen MR) is 65.7 cm³/mol. The number of hydrogen-bond acceptors (Lipinski definition) is 8. The molecule has 2 heterocycles. The highest BCUT2D eigenvalue weighted by molar-refractivity contribution is 5.43. The first-order chi connectivity index (χ1) is 9.33. The summed E-state index contributed by atoms with van der Waals surface area (Å²) in [4.78, 5) is 0. The van der Waals surface area contributed by atoms with Gasteiger partial charge in [0.15, 0.2) is 0 Å². The molecular weight excluding hydrogens is 248 g/mol. The van der Waals surface area contributed by atoms with Crippen molar-refractivity contribution in [1.29, 1.82) is 0 Å². The molecule has 0 aliphatic carbocycles. The molecule has 1 aliphatic rings. The second-order valence-electron chi connectivity index (χ2n) is 4.11. The quantitative estimate of drug-likeness (QED) is 0.545. The number of rotatable bonds is 4. The van der Waals surface area contributed by atoms with Crippen molar-refractivity contribution >= 4 is 0 Å².